The van der Waals surface area contributed by atoms with Crippen molar-refractivity contribution in [2.24, 2.45) is 0 Å². The van der Waals surface area contributed by atoms with E-state index >= 15 is 0 Å². The van der Waals surface area contributed by atoms with Crippen molar-refractivity contribution in [3.8, 4) is 0 Å². The number of piperazine rings is 1. The highest BCUT2D eigenvalue weighted by molar-refractivity contribution is 5.97. The van der Waals surface area contributed by atoms with Crippen LogP contribution in [0.5, 0.6) is 0 Å². The van der Waals surface area contributed by atoms with Crippen molar-refractivity contribution < 1.29 is 14.3 Å². The van der Waals surface area contributed by atoms with Crippen molar-refractivity contribution in [2.75, 3.05) is 26.8 Å². The number of benzene rings is 1. The first kappa shape index (κ1) is 16.9. The number of fused-ring (bicyclic) bond motifs is 1. The second-order valence-corrected chi connectivity index (χ2v) is 6.49. The van der Waals surface area contributed by atoms with E-state index in [0.717, 1.165) is 25.9 Å². The molecule has 130 valence electrons. The number of ether oxygens (including phenoxy) is 1. The molecule has 3 atom stereocenters. The van der Waals surface area contributed by atoms with Crippen LogP contribution >= 0.6 is 0 Å². The van der Waals surface area contributed by atoms with E-state index in [1.807, 2.05) is 23.1 Å². The molecule has 3 unspecified atom stereocenters. The molecule has 2 N–H and O–H groups in total. The number of methoxy groups -OCH3 is 1. The molecule has 0 bridgehead atoms. The topological polar surface area (TPSA) is 70.7 Å². The molecule has 0 saturated carbocycles. The second kappa shape index (κ2) is 7.77. The lowest BCUT2D eigenvalue weighted by Gasteiger charge is -2.42. The van der Waals surface area contributed by atoms with Crippen molar-refractivity contribution in [2.45, 2.75) is 37.4 Å². The maximum absolute atomic E-state index is 13.1. The summed E-state index contributed by atoms with van der Waals surface area (Å²) in [7, 11) is 1.65. The number of hydrogen-bond acceptors (Lipinski definition) is 4. The summed E-state index contributed by atoms with van der Waals surface area (Å²) in [5, 5.41) is 6.32. The van der Waals surface area contributed by atoms with Gasteiger partial charge >= 0.3 is 0 Å². The van der Waals surface area contributed by atoms with Gasteiger partial charge in [0.25, 0.3) is 5.91 Å². The molecule has 2 amide bonds. The maximum Gasteiger partial charge on any atom is 0.251 e. The van der Waals surface area contributed by atoms with Crippen molar-refractivity contribution >= 4 is 11.8 Å². The lowest BCUT2D eigenvalue weighted by atomic mass is 10.1. The van der Waals surface area contributed by atoms with Crippen molar-refractivity contribution in [3.05, 3.63) is 35.9 Å². The average molecular weight is 331 g/mol. The summed E-state index contributed by atoms with van der Waals surface area (Å²) in [4.78, 5) is 27.4. The standard InChI is InChI=1S/C18H25N3O3/c1-24-12-15-11-19-10-14-8-5-9-16(18(23)21(14)15)20-17(22)13-6-3-2-4-7-13/h2-4,6-7,14-16,19H,5,8-12H2,1H3,(H,20,22). The van der Waals surface area contributed by atoms with Gasteiger partial charge in [-0.3, -0.25) is 9.59 Å². The monoisotopic (exact) mass is 331 g/mol. The predicted molar refractivity (Wildman–Crippen MR) is 90.7 cm³/mol. The maximum atomic E-state index is 13.1. The fraction of sp³-hybridized carbons (Fsp3) is 0.556. The summed E-state index contributed by atoms with van der Waals surface area (Å²) in [6.07, 6.45) is 2.56. The van der Waals surface area contributed by atoms with Gasteiger partial charge in [0.1, 0.15) is 6.04 Å². The van der Waals surface area contributed by atoms with Crippen LogP contribution in [0, 0.1) is 0 Å². The van der Waals surface area contributed by atoms with E-state index < -0.39 is 6.04 Å². The zero-order chi connectivity index (χ0) is 16.9. The molecule has 3 rings (SSSR count). The molecule has 2 aliphatic rings. The lowest BCUT2D eigenvalue weighted by Crippen LogP contribution is -2.63. The Bertz CT molecular complexity index is 576. The van der Waals surface area contributed by atoms with Gasteiger partial charge in [-0.1, -0.05) is 18.2 Å². The Morgan fingerprint density at radius 3 is 2.83 bits per heavy atom. The molecule has 2 saturated heterocycles. The minimum absolute atomic E-state index is 0.0188. The van der Waals surface area contributed by atoms with E-state index in [9.17, 15) is 9.59 Å². The van der Waals surface area contributed by atoms with Crippen LogP contribution in [0.25, 0.3) is 0 Å². The molecule has 2 aliphatic heterocycles. The predicted octanol–water partition coefficient (Wildman–Crippen LogP) is 0.784. The van der Waals surface area contributed by atoms with Crippen molar-refractivity contribution in [3.63, 3.8) is 0 Å². The highest BCUT2D eigenvalue weighted by atomic mass is 16.5. The average Bonchev–Trinajstić information content (AvgIpc) is 2.76. The third-order valence-electron chi connectivity index (χ3n) is 4.83. The van der Waals surface area contributed by atoms with E-state index in [4.69, 9.17) is 4.74 Å². The first-order valence-electron chi connectivity index (χ1n) is 8.58. The summed E-state index contributed by atoms with van der Waals surface area (Å²) in [6, 6.07) is 8.79. The summed E-state index contributed by atoms with van der Waals surface area (Å²) >= 11 is 0. The van der Waals surface area contributed by atoms with Crippen LogP contribution in [0.3, 0.4) is 0 Å². The molecular weight excluding hydrogens is 306 g/mol. The van der Waals surface area contributed by atoms with E-state index in [2.05, 4.69) is 10.6 Å². The van der Waals surface area contributed by atoms with Crippen LogP contribution in [0.2, 0.25) is 0 Å². The molecule has 0 aromatic heterocycles. The van der Waals surface area contributed by atoms with Gasteiger partial charge in [0.05, 0.1) is 12.6 Å². The molecule has 0 spiro atoms. The van der Waals surface area contributed by atoms with Gasteiger partial charge in [-0.25, -0.2) is 0 Å². The molecule has 6 nitrogen and oxygen atoms in total. The first-order valence-corrected chi connectivity index (χ1v) is 8.58. The Morgan fingerprint density at radius 2 is 2.08 bits per heavy atom. The molecule has 1 aromatic rings. The van der Waals surface area contributed by atoms with E-state index in [1.54, 1.807) is 19.2 Å². The number of hydrogen-bond donors (Lipinski definition) is 2. The van der Waals surface area contributed by atoms with Gasteiger partial charge in [0, 0.05) is 31.8 Å². The Labute approximate surface area is 142 Å². The van der Waals surface area contributed by atoms with Crippen LogP contribution < -0.4 is 10.6 Å². The van der Waals surface area contributed by atoms with Crippen molar-refractivity contribution in [1.82, 2.24) is 15.5 Å². The minimum Gasteiger partial charge on any atom is -0.382 e. The highest BCUT2D eigenvalue weighted by Crippen LogP contribution is 2.23. The summed E-state index contributed by atoms with van der Waals surface area (Å²) < 4.78 is 5.28. The Balaban J connectivity index is 1.74. The molecule has 24 heavy (non-hydrogen) atoms. The summed E-state index contributed by atoms with van der Waals surface area (Å²) in [6.45, 7) is 2.05. The zero-order valence-electron chi connectivity index (χ0n) is 14.0. The molecule has 2 heterocycles. The minimum atomic E-state index is -0.458. The number of amides is 2. The van der Waals surface area contributed by atoms with Gasteiger partial charge < -0.3 is 20.3 Å². The van der Waals surface area contributed by atoms with Gasteiger partial charge in [-0.2, -0.15) is 0 Å². The van der Waals surface area contributed by atoms with E-state index in [0.29, 0.717) is 18.6 Å². The van der Waals surface area contributed by atoms with Crippen LogP contribution in [-0.2, 0) is 9.53 Å². The molecule has 2 fully saturated rings. The Hall–Kier alpha value is -1.92. The zero-order valence-corrected chi connectivity index (χ0v) is 14.0. The second-order valence-electron chi connectivity index (χ2n) is 6.49. The molecule has 1 aromatic carbocycles. The third-order valence-corrected chi connectivity index (χ3v) is 4.83. The molecule has 0 aliphatic carbocycles. The van der Waals surface area contributed by atoms with Gasteiger partial charge in [0.15, 0.2) is 0 Å². The summed E-state index contributed by atoms with van der Waals surface area (Å²) in [5.74, 6) is -0.170. The van der Waals surface area contributed by atoms with Crippen LogP contribution in [0.4, 0.5) is 0 Å². The summed E-state index contributed by atoms with van der Waals surface area (Å²) in [5.41, 5.74) is 0.583. The highest BCUT2D eigenvalue weighted by Gasteiger charge is 2.39. The first-order chi connectivity index (χ1) is 11.7. The smallest absolute Gasteiger partial charge is 0.251 e. The number of carbonyl (C=O) groups excluding carboxylic acids is 2. The Morgan fingerprint density at radius 1 is 1.29 bits per heavy atom. The number of carbonyl (C=O) groups is 2. The third kappa shape index (κ3) is 3.60. The van der Waals surface area contributed by atoms with Gasteiger partial charge in [-0.15, -0.1) is 0 Å². The largest absolute Gasteiger partial charge is 0.382 e. The lowest BCUT2D eigenvalue weighted by molar-refractivity contribution is -0.140. The van der Waals surface area contributed by atoms with Gasteiger partial charge in [0.2, 0.25) is 5.91 Å². The normalized spacial score (nSPS) is 27.3. The van der Waals surface area contributed by atoms with E-state index in [-0.39, 0.29) is 23.9 Å². The van der Waals surface area contributed by atoms with Crippen LogP contribution in [-0.4, -0.2) is 61.6 Å². The van der Waals surface area contributed by atoms with Crippen LogP contribution in [0.1, 0.15) is 29.6 Å². The van der Waals surface area contributed by atoms with E-state index in [1.165, 1.54) is 0 Å². The quantitative estimate of drug-likeness (QED) is 0.856. The van der Waals surface area contributed by atoms with Gasteiger partial charge in [-0.05, 0) is 31.4 Å². The SMILES string of the molecule is COCC1CNCC2CCCC(NC(=O)c3ccccc3)C(=O)N21. The molecule has 6 heteroatoms. The number of nitrogens with zero attached hydrogens (tertiary/aromatic N) is 1. The van der Waals surface area contributed by atoms with Crippen molar-refractivity contribution in [1.29, 1.82) is 0 Å². The number of nitrogens with one attached hydrogen (secondary N) is 2. The molecule has 0 radical (unpaired) electrons. The fourth-order valence-electron chi connectivity index (χ4n) is 3.67. The fourth-order valence-corrected chi connectivity index (χ4v) is 3.67. The molecular formula is C18H25N3O3. The Kier molecular flexibility index (Phi) is 5.48. The number of rotatable bonds is 4. The van der Waals surface area contributed by atoms with Crippen LogP contribution in [0.15, 0.2) is 30.3 Å².